The maximum atomic E-state index is 15.9. The van der Waals surface area contributed by atoms with Gasteiger partial charge in [-0.25, -0.2) is 28.0 Å². The fourth-order valence-corrected chi connectivity index (χ4v) is 6.74. The summed E-state index contributed by atoms with van der Waals surface area (Å²) in [4.78, 5) is 62.0. The fourth-order valence-electron chi connectivity index (χ4n) is 6.74. The molecule has 17 nitrogen and oxygen atoms in total. The van der Waals surface area contributed by atoms with Gasteiger partial charge in [0.05, 0.1) is 5.56 Å². The zero-order chi connectivity index (χ0) is 48.9. The van der Waals surface area contributed by atoms with E-state index in [1.807, 2.05) is 6.08 Å². The van der Waals surface area contributed by atoms with Crippen molar-refractivity contribution in [2.24, 2.45) is 17.0 Å². The van der Waals surface area contributed by atoms with Crippen LogP contribution in [-0.2, 0) is 26.0 Å². The van der Waals surface area contributed by atoms with Gasteiger partial charge in [-0.3, -0.25) is 10.6 Å². The topological polar surface area (TPSA) is 191 Å². The Morgan fingerprint density at radius 1 is 0.576 bits per heavy atom. The summed E-state index contributed by atoms with van der Waals surface area (Å²) in [5, 5.41) is 13.7. The molecule has 4 amide bonds. The molecule has 0 bridgehead atoms. The first-order chi connectivity index (χ1) is 30.5. The van der Waals surface area contributed by atoms with Crippen LogP contribution in [0.5, 0.6) is 0 Å². The summed E-state index contributed by atoms with van der Waals surface area (Å²) in [5.74, 6) is -0.591. The van der Waals surface area contributed by atoms with Gasteiger partial charge < -0.3 is 33.3 Å². The molecule has 0 fully saturated rings. The zero-order valence-electron chi connectivity index (χ0n) is 40.0. The quantitative estimate of drug-likeness (QED) is 0.144. The van der Waals surface area contributed by atoms with Crippen LogP contribution < -0.4 is 10.6 Å². The SMILES string of the molecule is Cn1c(-c2ccc(C3=CCN(C(=NC(=O)OC(C)(C)C)NC(=O)OC(C)(C)C)CC3)c(F)c2)nnc1-c1ccc(C2=CCN(C(=NC(=O)OC(C)(C)C)NC(=O)OC(C)(C)C)CC2)cc1F. The summed E-state index contributed by atoms with van der Waals surface area (Å²) in [6, 6.07) is 9.50. The lowest BCUT2D eigenvalue weighted by Crippen LogP contribution is -2.48. The minimum absolute atomic E-state index is 0.0332. The Hall–Kier alpha value is -6.66. The molecule has 356 valence electrons. The molecule has 0 aliphatic carbocycles. The van der Waals surface area contributed by atoms with Crippen LogP contribution in [0.2, 0.25) is 0 Å². The highest BCUT2D eigenvalue weighted by atomic mass is 19.1. The number of hydrogen-bond donors (Lipinski definition) is 2. The van der Waals surface area contributed by atoms with E-state index >= 15 is 8.78 Å². The van der Waals surface area contributed by atoms with Crippen LogP contribution in [0.25, 0.3) is 33.9 Å². The molecule has 66 heavy (non-hydrogen) atoms. The van der Waals surface area contributed by atoms with E-state index in [1.54, 1.807) is 135 Å². The third-order valence-corrected chi connectivity index (χ3v) is 9.45. The Morgan fingerprint density at radius 2 is 0.985 bits per heavy atom. The molecule has 3 aromatic rings. The highest BCUT2D eigenvalue weighted by molar-refractivity contribution is 6.00. The van der Waals surface area contributed by atoms with Crippen molar-refractivity contribution in [1.82, 2.24) is 35.2 Å². The lowest BCUT2D eigenvalue weighted by Gasteiger charge is -2.30. The van der Waals surface area contributed by atoms with Crippen LogP contribution >= 0.6 is 0 Å². The maximum Gasteiger partial charge on any atom is 0.437 e. The molecule has 0 saturated heterocycles. The molecule has 0 radical (unpaired) electrons. The van der Waals surface area contributed by atoms with E-state index in [2.05, 4.69) is 30.8 Å². The van der Waals surface area contributed by atoms with Crippen LogP contribution in [0.1, 0.15) is 107 Å². The van der Waals surface area contributed by atoms with Gasteiger partial charge in [-0.2, -0.15) is 0 Å². The van der Waals surface area contributed by atoms with Crippen LogP contribution in [0, 0.1) is 11.6 Å². The number of nitrogens with zero attached hydrogens (tertiary/aromatic N) is 7. The Morgan fingerprint density at radius 3 is 1.41 bits per heavy atom. The molecular weight excluding hydrogens is 857 g/mol. The summed E-state index contributed by atoms with van der Waals surface area (Å²) in [5.41, 5.74) is -0.0478. The van der Waals surface area contributed by atoms with E-state index in [0.29, 0.717) is 47.5 Å². The van der Waals surface area contributed by atoms with Gasteiger partial charge in [0.1, 0.15) is 34.0 Å². The van der Waals surface area contributed by atoms with Gasteiger partial charge in [-0.05, 0) is 131 Å². The van der Waals surface area contributed by atoms with Gasteiger partial charge in [0.25, 0.3) is 0 Å². The summed E-state index contributed by atoms with van der Waals surface area (Å²) in [6.07, 6.45) is 1.09. The maximum absolute atomic E-state index is 15.9. The van der Waals surface area contributed by atoms with Crippen molar-refractivity contribution in [1.29, 1.82) is 0 Å². The Balaban J connectivity index is 1.30. The number of guanidine groups is 2. The van der Waals surface area contributed by atoms with Gasteiger partial charge in [0.2, 0.25) is 11.9 Å². The van der Waals surface area contributed by atoms with Crippen molar-refractivity contribution in [3.63, 3.8) is 0 Å². The summed E-state index contributed by atoms with van der Waals surface area (Å²) in [6.45, 7) is 21.6. The number of rotatable bonds is 4. The molecule has 3 heterocycles. The summed E-state index contributed by atoms with van der Waals surface area (Å²) >= 11 is 0. The molecule has 2 aliphatic rings. The Kier molecular flexibility index (Phi) is 15.1. The number of aromatic nitrogens is 3. The second-order valence-corrected chi connectivity index (χ2v) is 19.7. The first-order valence-corrected chi connectivity index (χ1v) is 21.6. The number of aliphatic imine (C=N–C) groups is 2. The smallest absolute Gasteiger partial charge is 0.437 e. The summed E-state index contributed by atoms with van der Waals surface area (Å²) in [7, 11) is 1.67. The number of alkyl carbamates (subject to hydrolysis) is 2. The van der Waals surface area contributed by atoms with Gasteiger partial charge >= 0.3 is 24.4 Å². The van der Waals surface area contributed by atoms with Gasteiger partial charge in [0, 0.05) is 44.4 Å². The molecule has 2 aromatic carbocycles. The molecule has 0 spiro atoms. The van der Waals surface area contributed by atoms with Gasteiger partial charge in [0.15, 0.2) is 11.6 Å². The first kappa shape index (κ1) is 50.3. The fraction of sp³-hybridized carbons (Fsp3) is 0.489. The second kappa shape index (κ2) is 19.8. The first-order valence-electron chi connectivity index (χ1n) is 21.6. The van der Waals surface area contributed by atoms with Crippen molar-refractivity contribution in [2.75, 3.05) is 26.2 Å². The standard InChI is InChI=1S/C47H61F2N9O8/c1-44(2,3)63-40(59)50-38(51-41(60)64-45(4,5)6)57-22-18-28(19-23-57)30-14-17-33(35(49)26-30)37-55-54-36(56(37)13)31-15-16-32(34(48)27-31)29-20-24-58(25-21-29)39(52-42(61)65-46(7,8)9)53-43(62)66-47(10,11)12/h14-18,20,26-27H,19,21-25H2,1-13H3,(H,50,51,59,60)(H,52,53,61,62). The normalized spacial score (nSPS) is 15.4. The monoisotopic (exact) mass is 917 g/mol. The van der Waals surface area contributed by atoms with E-state index in [0.717, 1.165) is 5.57 Å². The van der Waals surface area contributed by atoms with Crippen molar-refractivity contribution in [3.8, 4) is 22.8 Å². The van der Waals surface area contributed by atoms with E-state index < -0.39 is 58.4 Å². The third-order valence-electron chi connectivity index (χ3n) is 9.45. The number of carbonyl (C=O) groups excluding carboxylic acids is 4. The molecular formula is C47H61F2N9O8. The number of amides is 4. The van der Waals surface area contributed by atoms with E-state index in [-0.39, 0.29) is 42.9 Å². The lowest BCUT2D eigenvalue weighted by atomic mass is 9.97. The van der Waals surface area contributed by atoms with Gasteiger partial charge in [-0.1, -0.05) is 30.4 Å². The van der Waals surface area contributed by atoms with Crippen molar-refractivity contribution in [2.45, 2.75) is 118 Å². The number of ether oxygens (including phenoxy) is 4. The molecule has 1 aromatic heterocycles. The molecule has 5 rings (SSSR count). The average Bonchev–Trinajstić information content (AvgIpc) is 3.55. The van der Waals surface area contributed by atoms with Crippen LogP contribution in [0.4, 0.5) is 28.0 Å². The third kappa shape index (κ3) is 14.4. The number of hydrogen-bond acceptors (Lipinski definition) is 10. The van der Waals surface area contributed by atoms with Gasteiger partial charge in [-0.15, -0.1) is 20.2 Å². The summed E-state index contributed by atoms with van der Waals surface area (Å²) < 4.78 is 54.8. The number of benzene rings is 2. The van der Waals surface area contributed by atoms with Crippen molar-refractivity contribution in [3.05, 3.63) is 71.3 Å². The molecule has 0 atom stereocenters. The van der Waals surface area contributed by atoms with Crippen LogP contribution in [-0.4, -0.2) is 109 Å². The lowest BCUT2D eigenvalue weighted by molar-refractivity contribution is 0.0536. The van der Waals surface area contributed by atoms with Crippen LogP contribution in [0.15, 0.2) is 58.5 Å². The number of halogens is 2. The highest BCUT2D eigenvalue weighted by Gasteiger charge is 2.28. The minimum Gasteiger partial charge on any atom is -0.444 e. The van der Waals surface area contributed by atoms with E-state index in [4.69, 9.17) is 18.9 Å². The minimum atomic E-state index is -0.890. The zero-order valence-corrected chi connectivity index (χ0v) is 40.0. The Bertz CT molecular complexity index is 2470. The average molecular weight is 918 g/mol. The number of carbonyl (C=O) groups is 4. The predicted molar refractivity (Wildman–Crippen MR) is 246 cm³/mol. The van der Waals surface area contributed by atoms with Crippen molar-refractivity contribution >= 4 is 47.4 Å². The molecule has 2 N–H and O–H groups in total. The molecule has 2 aliphatic heterocycles. The second-order valence-electron chi connectivity index (χ2n) is 19.7. The Labute approximate surface area is 384 Å². The molecule has 0 unspecified atom stereocenters. The van der Waals surface area contributed by atoms with E-state index in [1.165, 1.54) is 12.1 Å². The van der Waals surface area contributed by atoms with E-state index in [9.17, 15) is 19.2 Å². The molecule has 19 heteroatoms. The van der Waals surface area contributed by atoms with Crippen LogP contribution in [0.3, 0.4) is 0 Å². The largest absolute Gasteiger partial charge is 0.444 e. The van der Waals surface area contributed by atoms with Crippen molar-refractivity contribution < 1.29 is 46.9 Å². The number of nitrogens with one attached hydrogen (secondary N) is 2. The predicted octanol–water partition coefficient (Wildman–Crippen LogP) is 9.24. The highest BCUT2D eigenvalue weighted by Crippen LogP contribution is 2.32. The molecule has 0 saturated carbocycles.